The third kappa shape index (κ3) is 4.57. The van der Waals surface area contributed by atoms with Gasteiger partial charge in [-0.05, 0) is 68.6 Å². The number of benzene rings is 1. The largest absolute Gasteiger partial charge is 0.352 e. The van der Waals surface area contributed by atoms with Crippen LogP contribution in [0.15, 0.2) is 36.5 Å². The predicted octanol–water partition coefficient (Wildman–Crippen LogP) is 3.32. The van der Waals surface area contributed by atoms with E-state index in [-0.39, 0.29) is 5.91 Å². The molecule has 2 aromatic heterocycles. The molecule has 3 heterocycles. The first kappa shape index (κ1) is 19.8. The first-order chi connectivity index (χ1) is 14.1. The molecule has 29 heavy (non-hydrogen) atoms. The third-order valence-corrected chi connectivity index (χ3v) is 5.64. The molecule has 0 spiro atoms. The molecule has 0 bridgehead atoms. The molecule has 1 aliphatic rings. The Morgan fingerprint density at radius 1 is 1.34 bits per heavy atom. The van der Waals surface area contributed by atoms with Crippen LogP contribution in [0.1, 0.15) is 36.5 Å². The first-order valence-corrected chi connectivity index (χ1v) is 10.5. The maximum Gasteiger partial charge on any atom is 0.251 e. The van der Waals surface area contributed by atoms with Crippen molar-refractivity contribution in [2.24, 2.45) is 5.92 Å². The van der Waals surface area contributed by atoms with Gasteiger partial charge in [-0.1, -0.05) is 23.7 Å². The lowest BCUT2D eigenvalue weighted by atomic mass is 10.0. The highest BCUT2D eigenvalue weighted by molar-refractivity contribution is 6.32. The molecule has 4 rings (SSSR count). The van der Waals surface area contributed by atoms with Crippen LogP contribution in [0.5, 0.6) is 0 Å². The fraction of sp³-hybridized carbons (Fsp3) is 0.429. The van der Waals surface area contributed by atoms with Crippen LogP contribution in [0, 0.1) is 5.92 Å². The van der Waals surface area contributed by atoms with E-state index in [1.165, 1.54) is 19.4 Å². The summed E-state index contributed by atoms with van der Waals surface area (Å²) in [7, 11) is 0. The summed E-state index contributed by atoms with van der Waals surface area (Å²) in [5.41, 5.74) is 2.39. The highest BCUT2D eigenvalue weighted by Gasteiger charge is 2.16. The van der Waals surface area contributed by atoms with E-state index in [2.05, 4.69) is 32.4 Å². The van der Waals surface area contributed by atoms with Crippen molar-refractivity contribution in [2.75, 3.05) is 26.2 Å². The van der Waals surface area contributed by atoms with Gasteiger partial charge in [0, 0.05) is 24.8 Å². The second-order valence-corrected chi connectivity index (χ2v) is 8.08. The predicted molar refractivity (Wildman–Crippen MR) is 113 cm³/mol. The minimum absolute atomic E-state index is 0.118. The molecular formula is C21H25ClN6O. The summed E-state index contributed by atoms with van der Waals surface area (Å²) in [5.74, 6) is 0.653. The van der Waals surface area contributed by atoms with Crippen molar-refractivity contribution in [1.82, 2.24) is 30.2 Å². The molecule has 0 saturated carbocycles. The number of hydrogen-bond acceptors (Lipinski definition) is 5. The summed E-state index contributed by atoms with van der Waals surface area (Å²) < 4.78 is 1.56. The lowest BCUT2D eigenvalue weighted by Crippen LogP contribution is -2.36. The van der Waals surface area contributed by atoms with Gasteiger partial charge in [0.25, 0.3) is 5.91 Å². The second kappa shape index (κ2) is 8.88. The van der Waals surface area contributed by atoms with E-state index in [1.807, 2.05) is 6.07 Å². The topological polar surface area (TPSA) is 75.9 Å². The monoisotopic (exact) mass is 412 g/mol. The van der Waals surface area contributed by atoms with Crippen molar-refractivity contribution >= 4 is 28.7 Å². The van der Waals surface area contributed by atoms with E-state index in [9.17, 15) is 4.79 Å². The van der Waals surface area contributed by atoms with E-state index in [4.69, 9.17) is 11.6 Å². The molecule has 1 atom stereocenters. The molecule has 1 saturated heterocycles. The zero-order valence-electron chi connectivity index (χ0n) is 16.5. The van der Waals surface area contributed by atoms with Gasteiger partial charge in [0.1, 0.15) is 5.52 Å². The highest BCUT2D eigenvalue weighted by Crippen LogP contribution is 2.24. The molecule has 1 aliphatic heterocycles. The summed E-state index contributed by atoms with van der Waals surface area (Å²) in [4.78, 5) is 19.4. The minimum atomic E-state index is -0.118. The fourth-order valence-electron chi connectivity index (χ4n) is 3.84. The van der Waals surface area contributed by atoms with Crippen LogP contribution in [0.3, 0.4) is 0 Å². The lowest BCUT2D eigenvalue weighted by molar-refractivity contribution is 0.0950. The number of aromatic nitrogens is 4. The Labute approximate surface area is 175 Å². The van der Waals surface area contributed by atoms with Crippen molar-refractivity contribution in [3.63, 3.8) is 0 Å². The van der Waals surface area contributed by atoms with Crippen LogP contribution < -0.4 is 5.32 Å². The van der Waals surface area contributed by atoms with Gasteiger partial charge in [-0.15, -0.1) is 5.10 Å². The van der Waals surface area contributed by atoms with Gasteiger partial charge in [0.2, 0.25) is 0 Å². The summed E-state index contributed by atoms with van der Waals surface area (Å²) in [6.07, 6.45) is 5.21. The molecule has 0 unspecified atom stereocenters. The highest BCUT2D eigenvalue weighted by atomic mass is 35.5. The number of pyridine rings is 1. The number of piperidine rings is 1. The number of halogens is 1. The Hall–Kier alpha value is -2.51. The Bertz CT molecular complexity index is 1000. The maximum absolute atomic E-state index is 12.6. The Morgan fingerprint density at radius 2 is 2.24 bits per heavy atom. The Balaban J connectivity index is 1.40. The number of nitrogens with one attached hydrogen (secondary N) is 1. The number of carbonyl (C=O) groups is 1. The van der Waals surface area contributed by atoms with Crippen molar-refractivity contribution < 1.29 is 4.79 Å². The molecule has 0 radical (unpaired) electrons. The van der Waals surface area contributed by atoms with E-state index < -0.39 is 0 Å². The average Bonchev–Trinajstić information content (AvgIpc) is 3.15. The zero-order valence-corrected chi connectivity index (χ0v) is 17.3. The molecule has 1 aromatic carbocycles. The molecule has 3 aromatic rings. The zero-order chi connectivity index (χ0) is 20.2. The Morgan fingerprint density at radius 3 is 3.10 bits per heavy atom. The normalized spacial score (nSPS) is 17.5. The second-order valence-electron chi connectivity index (χ2n) is 7.67. The molecular weight excluding hydrogens is 388 g/mol. The van der Waals surface area contributed by atoms with Gasteiger partial charge < -0.3 is 10.2 Å². The molecule has 0 aliphatic carbocycles. The minimum Gasteiger partial charge on any atom is -0.352 e. The molecule has 1 amide bonds. The molecule has 1 N–H and O–H groups in total. The van der Waals surface area contributed by atoms with Crippen LogP contribution in [0.4, 0.5) is 0 Å². The maximum atomic E-state index is 12.6. The summed E-state index contributed by atoms with van der Waals surface area (Å²) in [6, 6.07) is 8.79. The van der Waals surface area contributed by atoms with Gasteiger partial charge in [0.15, 0.2) is 5.65 Å². The smallest absolute Gasteiger partial charge is 0.251 e. The number of likely N-dealkylation sites (tertiary alicyclic amines) is 1. The van der Waals surface area contributed by atoms with Crippen molar-refractivity contribution in [2.45, 2.75) is 26.2 Å². The number of rotatable bonds is 6. The number of nitrogens with zero attached hydrogens (tertiary/aromatic N) is 5. The van der Waals surface area contributed by atoms with Crippen LogP contribution in [-0.2, 0) is 0 Å². The van der Waals surface area contributed by atoms with E-state index in [0.717, 1.165) is 25.4 Å². The fourth-order valence-corrected chi connectivity index (χ4v) is 4.04. The standard InChI is InChI=1S/C21H25ClN6O/c1-15-5-3-11-27(14-15)12-4-10-24-21(29)16-7-8-17(22)19(13-16)28-20-18(25-26-28)6-2-9-23-20/h2,6-9,13,15H,3-5,10-12,14H2,1H3,(H,24,29)/t15-/m0/s1. The summed E-state index contributed by atoms with van der Waals surface area (Å²) >= 11 is 6.36. The van der Waals surface area contributed by atoms with E-state index in [1.54, 1.807) is 35.1 Å². The third-order valence-electron chi connectivity index (χ3n) is 5.32. The van der Waals surface area contributed by atoms with Crippen LogP contribution in [-0.4, -0.2) is 57.0 Å². The van der Waals surface area contributed by atoms with Gasteiger partial charge in [-0.25, -0.2) is 4.98 Å². The van der Waals surface area contributed by atoms with Crippen LogP contribution in [0.25, 0.3) is 16.9 Å². The molecule has 152 valence electrons. The van der Waals surface area contributed by atoms with Crippen LogP contribution >= 0.6 is 11.6 Å². The molecule has 7 nitrogen and oxygen atoms in total. The molecule has 1 fully saturated rings. The van der Waals surface area contributed by atoms with Crippen molar-refractivity contribution in [3.05, 3.63) is 47.1 Å². The van der Waals surface area contributed by atoms with Gasteiger partial charge in [-0.2, -0.15) is 4.68 Å². The van der Waals surface area contributed by atoms with Gasteiger partial charge in [-0.3, -0.25) is 4.79 Å². The van der Waals surface area contributed by atoms with Crippen LogP contribution in [0.2, 0.25) is 5.02 Å². The van der Waals surface area contributed by atoms with Crippen molar-refractivity contribution in [1.29, 1.82) is 0 Å². The number of hydrogen-bond donors (Lipinski definition) is 1. The lowest BCUT2D eigenvalue weighted by Gasteiger charge is -2.30. The first-order valence-electron chi connectivity index (χ1n) is 10.1. The van der Waals surface area contributed by atoms with E-state index in [0.29, 0.717) is 34.0 Å². The van der Waals surface area contributed by atoms with Gasteiger partial charge in [0.05, 0.1) is 10.7 Å². The van der Waals surface area contributed by atoms with E-state index >= 15 is 0 Å². The SMILES string of the molecule is C[C@H]1CCCN(CCCNC(=O)c2ccc(Cl)c(-n3nnc4cccnc43)c2)C1. The number of fused-ring (bicyclic) bond motifs is 1. The average molecular weight is 413 g/mol. The number of amides is 1. The quantitative estimate of drug-likeness (QED) is 0.628. The summed E-state index contributed by atoms with van der Waals surface area (Å²) in [5, 5.41) is 11.7. The summed E-state index contributed by atoms with van der Waals surface area (Å²) in [6.45, 7) is 6.30. The molecule has 8 heteroatoms. The van der Waals surface area contributed by atoms with Crippen molar-refractivity contribution in [3.8, 4) is 5.69 Å². The number of carbonyl (C=O) groups excluding carboxylic acids is 1. The Kier molecular flexibility index (Phi) is 6.06. The van der Waals surface area contributed by atoms with Gasteiger partial charge >= 0.3 is 0 Å².